The smallest absolute Gasteiger partial charge is 0.161 e. The molecule has 124 valence electrons. The van der Waals surface area contributed by atoms with Crippen molar-refractivity contribution in [2.75, 3.05) is 0 Å². The van der Waals surface area contributed by atoms with Crippen molar-refractivity contribution in [1.29, 1.82) is 0 Å². The van der Waals surface area contributed by atoms with Crippen molar-refractivity contribution >= 4 is 38.7 Å². The molecule has 0 aliphatic heterocycles. The zero-order valence-electron chi connectivity index (χ0n) is 13.6. The number of aromatic nitrogens is 3. The van der Waals surface area contributed by atoms with Crippen LogP contribution in [0.25, 0.3) is 22.3 Å². The van der Waals surface area contributed by atoms with Gasteiger partial charge in [-0.2, -0.15) is 0 Å². The molecule has 5 heteroatoms. The second-order valence-corrected chi connectivity index (χ2v) is 7.11. The fourth-order valence-electron chi connectivity index (χ4n) is 2.94. The highest BCUT2D eigenvalue weighted by Gasteiger charge is 2.12. The highest BCUT2D eigenvalue weighted by atomic mass is 79.9. The number of benzene rings is 2. The van der Waals surface area contributed by atoms with Crippen molar-refractivity contribution in [3.05, 3.63) is 81.7 Å². The molecule has 25 heavy (non-hydrogen) atoms. The molecule has 4 aromatic rings. The van der Waals surface area contributed by atoms with Crippen LogP contribution in [0, 0.1) is 6.92 Å². The third kappa shape index (κ3) is 3.20. The number of aryl methyl sites for hydroxylation is 1. The summed E-state index contributed by atoms with van der Waals surface area (Å²) in [5.41, 5.74) is 5.06. The van der Waals surface area contributed by atoms with Crippen LogP contribution in [0.2, 0.25) is 5.02 Å². The second-order valence-electron chi connectivity index (χ2n) is 5.89. The first-order valence-corrected chi connectivity index (χ1v) is 9.12. The summed E-state index contributed by atoms with van der Waals surface area (Å²) in [6, 6.07) is 20.3. The molecule has 0 fully saturated rings. The van der Waals surface area contributed by atoms with E-state index in [0.717, 1.165) is 43.3 Å². The fraction of sp³-hybridized carbons (Fsp3) is 0.100. The van der Waals surface area contributed by atoms with Gasteiger partial charge in [-0.15, -0.1) is 0 Å². The number of halogens is 2. The highest BCUT2D eigenvalue weighted by molar-refractivity contribution is 9.10. The fourth-order valence-corrected chi connectivity index (χ4v) is 3.48. The number of nitrogens with zero attached hydrogens (tertiary/aromatic N) is 3. The number of hydrogen-bond donors (Lipinski definition) is 0. The number of pyridine rings is 1. The minimum absolute atomic E-state index is 0.639. The third-order valence-corrected chi connectivity index (χ3v) is 5.03. The Morgan fingerprint density at radius 1 is 0.960 bits per heavy atom. The molecule has 4 rings (SSSR count). The van der Waals surface area contributed by atoms with Gasteiger partial charge in [-0.25, -0.2) is 9.97 Å². The van der Waals surface area contributed by atoms with Gasteiger partial charge >= 0.3 is 0 Å². The molecule has 0 saturated carbocycles. The molecule has 0 N–H and O–H groups in total. The van der Waals surface area contributed by atoms with Crippen LogP contribution >= 0.6 is 27.5 Å². The van der Waals surface area contributed by atoms with Gasteiger partial charge in [-0.05, 0) is 57.7 Å². The lowest BCUT2D eigenvalue weighted by molar-refractivity contribution is 0.777. The lowest BCUT2D eigenvalue weighted by Gasteiger charge is -2.10. The van der Waals surface area contributed by atoms with Crippen molar-refractivity contribution in [3.8, 4) is 11.1 Å². The lowest BCUT2D eigenvalue weighted by atomic mass is 10.0. The van der Waals surface area contributed by atoms with E-state index < -0.39 is 0 Å². The first-order valence-electron chi connectivity index (χ1n) is 7.95. The molecule has 0 saturated heterocycles. The van der Waals surface area contributed by atoms with E-state index in [1.165, 1.54) is 0 Å². The minimum Gasteiger partial charge on any atom is -0.308 e. The Bertz CT molecular complexity index is 1060. The quantitative estimate of drug-likeness (QED) is 0.394. The Kier molecular flexibility index (Phi) is 4.32. The summed E-state index contributed by atoms with van der Waals surface area (Å²) in [5, 5.41) is 0.748. The monoisotopic (exact) mass is 411 g/mol. The molecule has 0 atom stereocenters. The maximum absolute atomic E-state index is 6.57. The molecular formula is C20H15BrClN3. The molecule has 2 heterocycles. The highest BCUT2D eigenvalue weighted by Crippen LogP contribution is 2.27. The molecule has 0 amide bonds. The Balaban J connectivity index is 1.72. The predicted octanol–water partition coefficient (Wildman–Crippen LogP) is 5.87. The first kappa shape index (κ1) is 16.3. The lowest BCUT2D eigenvalue weighted by Crippen LogP contribution is -2.03. The number of rotatable bonds is 3. The molecular weight excluding hydrogens is 398 g/mol. The van der Waals surface area contributed by atoms with Gasteiger partial charge in [0.25, 0.3) is 0 Å². The van der Waals surface area contributed by atoms with Gasteiger partial charge in [0.2, 0.25) is 0 Å². The summed E-state index contributed by atoms with van der Waals surface area (Å²) in [5.74, 6) is 0.920. The topological polar surface area (TPSA) is 30.7 Å². The molecule has 2 aromatic carbocycles. The van der Waals surface area contributed by atoms with E-state index in [2.05, 4.69) is 54.7 Å². The number of hydrogen-bond acceptors (Lipinski definition) is 2. The summed E-state index contributed by atoms with van der Waals surface area (Å²) in [6.45, 7) is 2.63. The zero-order valence-corrected chi connectivity index (χ0v) is 15.9. The molecule has 0 spiro atoms. The minimum atomic E-state index is 0.639. The Morgan fingerprint density at radius 2 is 1.76 bits per heavy atom. The van der Waals surface area contributed by atoms with Gasteiger partial charge < -0.3 is 4.57 Å². The van der Waals surface area contributed by atoms with Crippen molar-refractivity contribution in [2.24, 2.45) is 0 Å². The number of imidazole rings is 1. The van der Waals surface area contributed by atoms with Crippen LogP contribution in [0.5, 0.6) is 0 Å². The SMILES string of the molecule is Cc1nc2ccc(Br)nc2n1Cc1ccc(-c2ccccc2)cc1Cl. The van der Waals surface area contributed by atoms with E-state index in [4.69, 9.17) is 11.6 Å². The summed E-state index contributed by atoms with van der Waals surface area (Å²) in [4.78, 5) is 9.14. The molecule has 0 aliphatic carbocycles. The van der Waals surface area contributed by atoms with E-state index in [0.29, 0.717) is 6.54 Å². The summed E-state index contributed by atoms with van der Waals surface area (Å²) >= 11 is 10.0. The zero-order chi connectivity index (χ0) is 17.4. The van der Waals surface area contributed by atoms with Gasteiger partial charge in [0.05, 0.1) is 6.54 Å². The van der Waals surface area contributed by atoms with Crippen molar-refractivity contribution in [1.82, 2.24) is 14.5 Å². The average Bonchev–Trinajstić information content (AvgIpc) is 2.92. The van der Waals surface area contributed by atoms with Gasteiger partial charge in [0, 0.05) is 5.02 Å². The Hall–Kier alpha value is -2.17. The maximum Gasteiger partial charge on any atom is 0.161 e. The first-order chi connectivity index (χ1) is 12.1. The standard InChI is InChI=1S/C20H15BrClN3/c1-13-23-18-9-10-19(21)24-20(18)25(13)12-16-8-7-15(11-17(16)22)14-5-3-2-4-6-14/h2-11H,12H2,1H3. The van der Waals surface area contributed by atoms with Crippen molar-refractivity contribution in [3.63, 3.8) is 0 Å². The summed E-state index contributed by atoms with van der Waals surface area (Å²) in [6.07, 6.45) is 0. The Morgan fingerprint density at radius 3 is 2.52 bits per heavy atom. The van der Waals surface area contributed by atoms with Gasteiger partial charge in [0.15, 0.2) is 5.65 Å². The molecule has 0 radical (unpaired) electrons. The summed E-state index contributed by atoms with van der Waals surface area (Å²) in [7, 11) is 0. The van der Waals surface area contributed by atoms with Crippen molar-refractivity contribution < 1.29 is 0 Å². The number of fused-ring (bicyclic) bond motifs is 1. The van der Waals surface area contributed by atoms with Crippen LogP contribution in [0.4, 0.5) is 0 Å². The van der Waals surface area contributed by atoms with E-state index in [1.54, 1.807) is 0 Å². The van der Waals surface area contributed by atoms with Crippen LogP contribution in [-0.2, 0) is 6.54 Å². The largest absolute Gasteiger partial charge is 0.308 e. The molecule has 2 aromatic heterocycles. The molecule has 0 unspecified atom stereocenters. The van der Waals surface area contributed by atoms with Crippen LogP contribution in [0.1, 0.15) is 11.4 Å². The predicted molar refractivity (Wildman–Crippen MR) is 106 cm³/mol. The van der Waals surface area contributed by atoms with E-state index >= 15 is 0 Å². The molecule has 3 nitrogen and oxygen atoms in total. The molecule has 0 bridgehead atoms. The third-order valence-electron chi connectivity index (χ3n) is 4.24. The van der Waals surface area contributed by atoms with Crippen LogP contribution in [0.3, 0.4) is 0 Å². The van der Waals surface area contributed by atoms with Crippen LogP contribution < -0.4 is 0 Å². The van der Waals surface area contributed by atoms with Crippen molar-refractivity contribution in [2.45, 2.75) is 13.5 Å². The van der Waals surface area contributed by atoms with E-state index in [-0.39, 0.29) is 0 Å². The normalized spacial score (nSPS) is 11.2. The second kappa shape index (κ2) is 6.62. The van der Waals surface area contributed by atoms with Gasteiger partial charge in [-0.3, -0.25) is 0 Å². The maximum atomic E-state index is 6.57. The van der Waals surface area contributed by atoms with Crippen LogP contribution in [-0.4, -0.2) is 14.5 Å². The van der Waals surface area contributed by atoms with E-state index in [9.17, 15) is 0 Å². The van der Waals surface area contributed by atoms with Gasteiger partial charge in [0.1, 0.15) is 15.9 Å². The average molecular weight is 413 g/mol. The Labute approximate surface area is 159 Å². The van der Waals surface area contributed by atoms with E-state index in [1.807, 2.05) is 43.3 Å². The molecule has 0 aliphatic rings. The van der Waals surface area contributed by atoms with Crippen LogP contribution in [0.15, 0.2) is 65.3 Å². The van der Waals surface area contributed by atoms with Gasteiger partial charge in [-0.1, -0.05) is 54.1 Å². The summed E-state index contributed by atoms with van der Waals surface area (Å²) < 4.78 is 2.88.